The van der Waals surface area contributed by atoms with E-state index >= 15 is 0 Å². The Morgan fingerprint density at radius 2 is 2.11 bits per heavy atom. The monoisotopic (exact) mass is 370 g/mol. The van der Waals surface area contributed by atoms with Gasteiger partial charge in [0.1, 0.15) is 0 Å². The first kappa shape index (κ1) is 18.6. The number of aryl methyl sites for hydroxylation is 1. The van der Waals surface area contributed by atoms with E-state index < -0.39 is 5.91 Å². The molecule has 3 N–H and O–H groups in total. The summed E-state index contributed by atoms with van der Waals surface area (Å²) in [5.41, 5.74) is 8.12. The highest BCUT2D eigenvalue weighted by Crippen LogP contribution is 2.24. The molecule has 4 heterocycles. The highest BCUT2D eigenvalue weighted by atomic mass is 16.5. The van der Waals surface area contributed by atoms with Crippen molar-refractivity contribution >= 4 is 28.3 Å². The average Bonchev–Trinajstić information content (AvgIpc) is 3.34. The van der Waals surface area contributed by atoms with Gasteiger partial charge in [0.2, 0.25) is 0 Å². The van der Waals surface area contributed by atoms with Gasteiger partial charge < -0.3 is 20.5 Å². The van der Waals surface area contributed by atoms with Crippen LogP contribution in [-0.2, 0) is 11.8 Å². The molecular weight excluding hydrogens is 348 g/mol. The topological polar surface area (TPSA) is 117 Å². The van der Waals surface area contributed by atoms with Crippen molar-refractivity contribution in [3.05, 3.63) is 36.3 Å². The Balaban J connectivity index is 0.000000364. The van der Waals surface area contributed by atoms with Crippen molar-refractivity contribution in [1.82, 2.24) is 19.7 Å². The molecule has 1 saturated heterocycles. The standard InChI is InChI=1S/C14H14N6O2.C4H8O/c1-20-10-6-8(7-17-12(10)14(19-20)22-2)18-13(21)11-9(15)4-3-5-16-11;1-2-4-5-3-1/h3-7H,15H2,1-2H3,(H,18,21);1-4H2. The first-order valence-electron chi connectivity index (χ1n) is 8.56. The molecule has 9 heteroatoms. The number of nitrogens with zero attached hydrogens (tertiary/aromatic N) is 4. The lowest BCUT2D eigenvalue weighted by Crippen LogP contribution is -2.15. The number of nitrogen functional groups attached to an aromatic ring is 1. The van der Waals surface area contributed by atoms with Gasteiger partial charge in [-0.2, -0.15) is 0 Å². The molecule has 3 aromatic rings. The average molecular weight is 370 g/mol. The molecular formula is C18H22N6O3. The number of nitrogens with one attached hydrogen (secondary N) is 1. The maximum atomic E-state index is 12.2. The van der Waals surface area contributed by atoms with Gasteiger partial charge in [0.15, 0.2) is 11.2 Å². The smallest absolute Gasteiger partial charge is 0.276 e. The number of pyridine rings is 2. The number of anilines is 2. The summed E-state index contributed by atoms with van der Waals surface area (Å²) in [5, 5.41) is 6.91. The lowest BCUT2D eigenvalue weighted by Gasteiger charge is -2.06. The number of carbonyl (C=O) groups is 1. The second kappa shape index (κ2) is 8.45. The number of nitrogens with two attached hydrogens (primary N) is 1. The number of ether oxygens (including phenoxy) is 2. The van der Waals surface area contributed by atoms with Crippen molar-refractivity contribution in [2.45, 2.75) is 12.8 Å². The molecule has 0 radical (unpaired) electrons. The highest BCUT2D eigenvalue weighted by molar-refractivity contribution is 6.06. The first-order chi connectivity index (χ1) is 13.1. The van der Waals surface area contributed by atoms with E-state index in [1.807, 2.05) is 0 Å². The van der Waals surface area contributed by atoms with E-state index in [-0.39, 0.29) is 5.69 Å². The molecule has 0 aromatic carbocycles. The molecule has 0 bridgehead atoms. The van der Waals surface area contributed by atoms with Crippen molar-refractivity contribution < 1.29 is 14.3 Å². The molecule has 27 heavy (non-hydrogen) atoms. The molecule has 9 nitrogen and oxygen atoms in total. The van der Waals surface area contributed by atoms with Crippen LogP contribution in [0, 0.1) is 0 Å². The number of aromatic nitrogens is 4. The molecule has 0 spiro atoms. The van der Waals surface area contributed by atoms with Crippen LogP contribution < -0.4 is 15.8 Å². The molecule has 0 aliphatic carbocycles. The molecule has 3 aromatic heterocycles. The maximum Gasteiger partial charge on any atom is 0.276 e. The zero-order valence-electron chi connectivity index (χ0n) is 15.3. The van der Waals surface area contributed by atoms with E-state index in [4.69, 9.17) is 15.2 Å². The summed E-state index contributed by atoms with van der Waals surface area (Å²) in [6.07, 6.45) is 5.60. The SMILES string of the molecule is C1CCOC1.COc1nn(C)c2cc(NC(=O)c3ncccc3N)cnc12. The molecule has 1 aliphatic heterocycles. The molecule has 1 fully saturated rings. The summed E-state index contributed by atoms with van der Waals surface area (Å²) < 4.78 is 11.7. The molecule has 0 unspecified atom stereocenters. The molecule has 1 aliphatic rings. The Bertz CT molecular complexity index is 928. The second-order valence-electron chi connectivity index (χ2n) is 5.94. The summed E-state index contributed by atoms with van der Waals surface area (Å²) in [6, 6.07) is 5.05. The lowest BCUT2D eigenvalue weighted by atomic mass is 10.2. The van der Waals surface area contributed by atoms with Gasteiger partial charge in [0, 0.05) is 26.5 Å². The third-order valence-corrected chi connectivity index (χ3v) is 3.99. The molecule has 0 atom stereocenters. The van der Waals surface area contributed by atoms with E-state index in [2.05, 4.69) is 20.4 Å². The minimum Gasteiger partial charge on any atom is -0.478 e. The molecule has 0 saturated carbocycles. The van der Waals surface area contributed by atoms with Crippen LogP contribution in [0.15, 0.2) is 30.6 Å². The fourth-order valence-corrected chi connectivity index (χ4v) is 2.62. The van der Waals surface area contributed by atoms with Gasteiger partial charge in [-0.25, -0.2) is 9.97 Å². The molecule has 1 amide bonds. The van der Waals surface area contributed by atoms with Gasteiger partial charge in [-0.05, 0) is 31.0 Å². The minimum atomic E-state index is -0.395. The third-order valence-electron chi connectivity index (χ3n) is 3.99. The number of hydrogen-bond acceptors (Lipinski definition) is 7. The Hall–Kier alpha value is -3.20. The Kier molecular flexibility index (Phi) is 5.82. The van der Waals surface area contributed by atoms with Crippen molar-refractivity contribution in [3.63, 3.8) is 0 Å². The summed E-state index contributed by atoms with van der Waals surface area (Å²) in [4.78, 5) is 20.4. The molecule has 4 rings (SSSR count). The predicted molar refractivity (Wildman–Crippen MR) is 102 cm³/mol. The van der Waals surface area contributed by atoms with Crippen LogP contribution in [0.1, 0.15) is 23.3 Å². The van der Waals surface area contributed by atoms with Crippen LogP contribution in [0.2, 0.25) is 0 Å². The van der Waals surface area contributed by atoms with Crippen molar-refractivity contribution in [3.8, 4) is 5.88 Å². The number of methoxy groups -OCH3 is 1. The van der Waals surface area contributed by atoms with E-state index in [1.165, 1.54) is 32.3 Å². The van der Waals surface area contributed by atoms with E-state index in [1.54, 1.807) is 29.9 Å². The van der Waals surface area contributed by atoms with E-state index in [9.17, 15) is 4.79 Å². The van der Waals surface area contributed by atoms with E-state index in [0.29, 0.717) is 22.8 Å². The van der Waals surface area contributed by atoms with Crippen molar-refractivity contribution in [2.24, 2.45) is 7.05 Å². The summed E-state index contributed by atoms with van der Waals surface area (Å²) >= 11 is 0. The Labute approximate surface area is 156 Å². The van der Waals surface area contributed by atoms with Crippen LogP contribution in [0.3, 0.4) is 0 Å². The maximum absolute atomic E-state index is 12.2. The van der Waals surface area contributed by atoms with E-state index in [0.717, 1.165) is 18.7 Å². The summed E-state index contributed by atoms with van der Waals surface area (Å²) in [6.45, 7) is 2.00. The van der Waals surface area contributed by atoms with Gasteiger partial charge in [0.25, 0.3) is 11.8 Å². The second-order valence-corrected chi connectivity index (χ2v) is 5.94. The van der Waals surface area contributed by atoms with Gasteiger partial charge in [-0.3, -0.25) is 9.48 Å². The van der Waals surface area contributed by atoms with Crippen LogP contribution in [-0.4, -0.2) is 46.0 Å². The number of fused-ring (bicyclic) bond motifs is 1. The summed E-state index contributed by atoms with van der Waals surface area (Å²) in [7, 11) is 3.30. The van der Waals surface area contributed by atoms with Gasteiger partial charge >= 0.3 is 0 Å². The fraction of sp³-hybridized carbons (Fsp3) is 0.333. The molecule has 142 valence electrons. The number of carbonyl (C=O) groups excluding carboxylic acids is 1. The van der Waals surface area contributed by atoms with Crippen LogP contribution in [0.4, 0.5) is 11.4 Å². The highest BCUT2D eigenvalue weighted by Gasteiger charge is 2.14. The minimum absolute atomic E-state index is 0.171. The third kappa shape index (κ3) is 4.32. The quantitative estimate of drug-likeness (QED) is 0.724. The first-order valence-corrected chi connectivity index (χ1v) is 8.56. The normalized spacial score (nSPS) is 13.1. The Morgan fingerprint density at radius 3 is 2.74 bits per heavy atom. The van der Waals surface area contributed by atoms with Gasteiger partial charge in [0.05, 0.1) is 30.2 Å². The number of amides is 1. The lowest BCUT2D eigenvalue weighted by molar-refractivity contribution is 0.102. The van der Waals surface area contributed by atoms with Crippen molar-refractivity contribution in [2.75, 3.05) is 31.4 Å². The number of rotatable bonds is 3. The fourth-order valence-electron chi connectivity index (χ4n) is 2.62. The predicted octanol–water partition coefficient (Wildman–Crippen LogP) is 2.00. The van der Waals surface area contributed by atoms with Crippen LogP contribution in [0.25, 0.3) is 11.0 Å². The van der Waals surface area contributed by atoms with Crippen molar-refractivity contribution in [1.29, 1.82) is 0 Å². The zero-order chi connectivity index (χ0) is 19.2. The van der Waals surface area contributed by atoms with Gasteiger partial charge in [-0.1, -0.05) is 0 Å². The largest absolute Gasteiger partial charge is 0.478 e. The number of hydrogen-bond donors (Lipinski definition) is 2. The van der Waals surface area contributed by atoms with Crippen LogP contribution >= 0.6 is 0 Å². The van der Waals surface area contributed by atoms with Gasteiger partial charge in [-0.15, -0.1) is 5.10 Å². The Morgan fingerprint density at radius 1 is 1.33 bits per heavy atom. The summed E-state index contributed by atoms with van der Waals surface area (Å²) in [5.74, 6) is 0.0396. The van der Waals surface area contributed by atoms with Crippen LogP contribution in [0.5, 0.6) is 5.88 Å². The zero-order valence-corrected chi connectivity index (χ0v) is 15.3.